The molecule has 1 atom stereocenters. The second-order valence-electron chi connectivity index (χ2n) is 6.36. The highest BCUT2D eigenvalue weighted by Crippen LogP contribution is 2.37. The molecule has 4 rings (SSSR count). The molecule has 0 fully saturated rings. The van der Waals surface area contributed by atoms with Gasteiger partial charge in [-0.15, -0.1) is 11.3 Å². The highest BCUT2D eigenvalue weighted by Gasteiger charge is 2.27. The fourth-order valence-electron chi connectivity index (χ4n) is 3.13. The molecule has 5 nitrogen and oxygen atoms in total. The van der Waals surface area contributed by atoms with Crippen molar-refractivity contribution < 1.29 is 4.39 Å². The van der Waals surface area contributed by atoms with Crippen molar-refractivity contribution in [2.24, 2.45) is 0 Å². The average Bonchev–Trinajstić information content (AvgIpc) is 3.17. The summed E-state index contributed by atoms with van der Waals surface area (Å²) in [6, 6.07) is 12.3. The van der Waals surface area contributed by atoms with Crippen molar-refractivity contribution >= 4 is 16.9 Å². The van der Waals surface area contributed by atoms with Gasteiger partial charge < -0.3 is 10.6 Å². The summed E-state index contributed by atoms with van der Waals surface area (Å²) < 4.78 is 13.3. The Morgan fingerprint density at radius 1 is 1.21 bits per heavy atom. The van der Waals surface area contributed by atoms with Gasteiger partial charge in [0.2, 0.25) is 5.95 Å². The van der Waals surface area contributed by atoms with E-state index in [9.17, 15) is 4.39 Å². The molecule has 7 heteroatoms. The molecule has 1 aliphatic rings. The van der Waals surface area contributed by atoms with E-state index in [4.69, 9.17) is 10.2 Å². The highest BCUT2D eigenvalue weighted by molar-refractivity contribution is 7.11. The molecule has 1 aliphatic heterocycles. The van der Waals surface area contributed by atoms with Gasteiger partial charge in [0.1, 0.15) is 5.01 Å². The predicted octanol–water partition coefficient (Wildman–Crippen LogP) is 4.35. The number of halogens is 1. The lowest BCUT2D eigenvalue weighted by molar-refractivity contribution is 0.577. The number of nitrogens with zero attached hydrogens (tertiary/aromatic N) is 3. The van der Waals surface area contributed by atoms with Crippen LogP contribution in [-0.2, 0) is 0 Å². The molecule has 3 heterocycles. The number of hydrogen-bond acceptors (Lipinski definition) is 6. The lowest BCUT2D eigenvalue weighted by Gasteiger charge is -2.31. The van der Waals surface area contributed by atoms with Crippen molar-refractivity contribution in [1.82, 2.24) is 20.6 Å². The topological polar surface area (TPSA) is 73.6 Å². The third-order valence-corrected chi connectivity index (χ3v) is 5.35. The molecular weight excluding hydrogens is 373 g/mol. The SMILES string of the molecule is C=C1NC(C)=C(c2nc(-c3ccc(C#N)cc3)cs2)C(c2ccc(F)nc2)N1. The lowest BCUT2D eigenvalue weighted by atomic mass is 9.97. The summed E-state index contributed by atoms with van der Waals surface area (Å²) in [6.07, 6.45) is 1.52. The van der Waals surface area contributed by atoms with Crippen molar-refractivity contribution in [3.05, 3.63) is 88.2 Å². The van der Waals surface area contributed by atoms with Gasteiger partial charge in [-0.25, -0.2) is 9.97 Å². The fraction of sp³-hybridized carbons (Fsp3) is 0.0952. The van der Waals surface area contributed by atoms with Crippen LogP contribution in [0.2, 0.25) is 0 Å². The molecule has 0 radical (unpaired) electrons. The van der Waals surface area contributed by atoms with Crippen LogP contribution in [0.25, 0.3) is 16.8 Å². The van der Waals surface area contributed by atoms with Gasteiger partial charge in [0.15, 0.2) is 0 Å². The van der Waals surface area contributed by atoms with E-state index in [2.05, 4.69) is 28.3 Å². The molecule has 138 valence electrons. The maximum atomic E-state index is 13.3. The largest absolute Gasteiger partial charge is 0.361 e. The molecular formula is C21H16FN5S. The van der Waals surface area contributed by atoms with Crippen molar-refractivity contribution in [2.75, 3.05) is 0 Å². The van der Waals surface area contributed by atoms with Gasteiger partial charge >= 0.3 is 0 Å². The summed E-state index contributed by atoms with van der Waals surface area (Å²) >= 11 is 1.53. The van der Waals surface area contributed by atoms with Gasteiger partial charge in [-0.3, -0.25) is 0 Å². The summed E-state index contributed by atoms with van der Waals surface area (Å²) in [5, 5.41) is 18.3. The van der Waals surface area contributed by atoms with Crippen LogP contribution in [0.3, 0.4) is 0 Å². The van der Waals surface area contributed by atoms with Crippen LogP contribution < -0.4 is 10.6 Å². The molecule has 2 N–H and O–H groups in total. The molecule has 2 aromatic heterocycles. The van der Waals surface area contributed by atoms with Gasteiger partial charge in [-0.2, -0.15) is 9.65 Å². The summed E-state index contributed by atoms with van der Waals surface area (Å²) in [5.74, 6) is 0.149. The smallest absolute Gasteiger partial charge is 0.212 e. The zero-order chi connectivity index (χ0) is 19.7. The van der Waals surface area contributed by atoms with E-state index in [1.807, 2.05) is 24.4 Å². The first kappa shape index (κ1) is 17.9. The van der Waals surface area contributed by atoms with E-state index >= 15 is 0 Å². The Morgan fingerprint density at radius 2 is 2.00 bits per heavy atom. The Kier molecular flexibility index (Phi) is 4.63. The second-order valence-corrected chi connectivity index (χ2v) is 7.22. The Labute approximate surface area is 165 Å². The predicted molar refractivity (Wildman–Crippen MR) is 107 cm³/mol. The molecule has 0 spiro atoms. The van der Waals surface area contributed by atoms with Gasteiger partial charge in [0.05, 0.1) is 29.2 Å². The zero-order valence-electron chi connectivity index (χ0n) is 15.0. The van der Waals surface area contributed by atoms with Crippen LogP contribution in [0.5, 0.6) is 0 Å². The molecule has 0 aliphatic carbocycles. The zero-order valence-corrected chi connectivity index (χ0v) is 15.8. The van der Waals surface area contributed by atoms with E-state index in [1.54, 1.807) is 18.2 Å². The third-order valence-electron chi connectivity index (χ3n) is 4.48. The summed E-state index contributed by atoms with van der Waals surface area (Å²) in [5.41, 5.74) is 5.12. The molecule has 0 saturated carbocycles. The summed E-state index contributed by atoms with van der Waals surface area (Å²) in [7, 11) is 0. The number of allylic oxidation sites excluding steroid dienone is 1. The standard InChI is InChI=1S/C21H16FN5S/c1-12-19(20(26-13(2)25-12)16-7-8-18(22)24-10-16)21-27-17(11-28-21)15-5-3-14(9-23)4-6-15/h3-8,10-11,20,25-26H,2H2,1H3. The number of hydrogen-bond donors (Lipinski definition) is 2. The lowest BCUT2D eigenvalue weighted by Crippen LogP contribution is -2.35. The molecule has 0 amide bonds. The first-order valence-corrected chi connectivity index (χ1v) is 9.44. The monoisotopic (exact) mass is 389 g/mol. The number of aromatic nitrogens is 2. The first-order chi connectivity index (χ1) is 13.5. The van der Waals surface area contributed by atoms with Crippen LogP contribution in [0.15, 0.2) is 66.1 Å². The number of rotatable bonds is 3. The van der Waals surface area contributed by atoms with E-state index in [1.165, 1.54) is 23.6 Å². The van der Waals surface area contributed by atoms with Crippen molar-refractivity contribution in [1.29, 1.82) is 5.26 Å². The number of pyridine rings is 1. The normalized spacial score (nSPS) is 16.3. The summed E-state index contributed by atoms with van der Waals surface area (Å²) in [4.78, 5) is 8.58. The van der Waals surface area contributed by atoms with E-state index in [0.29, 0.717) is 11.4 Å². The Balaban J connectivity index is 1.73. The third kappa shape index (κ3) is 3.38. The molecule has 1 unspecified atom stereocenters. The number of nitrogens with one attached hydrogen (secondary N) is 2. The van der Waals surface area contributed by atoms with Crippen LogP contribution >= 0.6 is 11.3 Å². The van der Waals surface area contributed by atoms with Crippen molar-refractivity contribution in [3.63, 3.8) is 0 Å². The quantitative estimate of drug-likeness (QED) is 0.652. The van der Waals surface area contributed by atoms with Crippen LogP contribution in [0, 0.1) is 17.3 Å². The van der Waals surface area contributed by atoms with Gasteiger partial charge in [0, 0.05) is 28.4 Å². The van der Waals surface area contributed by atoms with Crippen molar-refractivity contribution in [3.8, 4) is 17.3 Å². The Bertz CT molecular complexity index is 1110. The molecule has 0 bridgehead atoms. The summed E-state index contributed by atoms with van der Waals surface area (Å²) in [6.45, 7) is 5.93. The van der Waals surface area contributed by atoms with E-state index in [-0.39, 0.29) is 6.04 Å². The highest BCUT2D eigenvalue weighted by atomic mass is 32.1. The molecule has 28 heavy (non-hydrogen) atoms. The van der Waals surface area contributed by atoms with E-state index in [0.717, 1.165) is 33.1 Å². The number of nitriles is 1. The van der Waals surface area contributed by atoms with Crippen LogP contribution in [0.1, 0.15) is 29.1 Å². The minimum absolute atomic E-state index is 0.234. The van der Waals surface area contributed by atoms with Gasteiger partial charge in [-0.05, 0) is 30.7 Å². The maximum absolute atomic E-state index is 13.3. The minimum atomic E-state index is -0.517. The van der Waals surface area contributed by atoms with Crippen LogP contribution in [0.4, 0.5) is 4.39 Å². The maximum Gasteiger partial charge on any atom is 0.212 e. The Morgan fingerprint density at radius 3 is 2.68 bits per heavy atom. The minimum Gasteiger partial charge on any atom is -0.361 e. The fourth-order valence-corrected chi connectivity index (χ4v) is 4.09. The molecule has 1 aromatic carbocycles. The van der Waals surface area contributed by atoms with E-state index < -0.39 is 5.95 Å². The number of thiazole rings is 1. The average molecular weight is 389 g/mol. The second kappa shape index (κ2) is 7.25. The Hall–Kier alpha value is -3.50. The van der Waals surface area contributed by atoms with Gasteiger partial charge in [-0.1, -0.05) is 24.8 Å². The van der Waals surface area contributed by atoms with Crippen LogP contribution in [-0.4, -0.2) is 9.97 Å². The van der Waals surface area contributed by atoms with Crippen molar-refractivity contribution in [2.45, 2.75) is 13.0 Å². The first-order valence-electron chi connectivity index (χ1n) is 8.56. The number of benzene rings is 1. The van der Waals surface area contributed by atoms with Gasteiger partial charge in [0.25, 0.3) is 0 Å². The molecule has 3 aromatic rings. The molecule has 0 saturated heterocycles.